The molecule has 10 nitrogen and oxygen atoms in total. The van der Waals surface area contributed by atoms with Crippen LogP contribution in [-0.4, -0.2) is 68.3 Å². The Kier molecular flexibility index (Phi) is 9.13. The van der Waals surface area contributed by atoms with Crippen molar-refractivity contribution in [3.05, 3.63) is 78.5 Å². The van der Waals surface area contributed by atoms with Crippen LogP contribution in [0.5, 0.6) is 23.0 Å². The maximum absolute atomic E-state index is 13.1. The Labute approximate surface area is 262 Å². The van der Waals surface area contributed by atoms with E-state index in [1.54, 1.807) is 43.6 Å². The number of benzene rings is 3. The van der Waals surface area contributed by atoms with Gasteiger partial charge < -0.3 is 29.6 Å². The number of aromatic nitrogens is 1. The van der Waals surface area contributed by atoms with Gasteiger partial charge in [-0.3, -0.25) is 19.5 Å². The molecular weight excluding hydrogens is 572 g/mol. The third-order valence-electron chi connectivity index (χ3n) is 8.24. The summed E-state index contributed by atoms with van der Waals surface area (Å²) in [5, 5.41) is 6.56. The highest BCUT2D eigenvalue weighted by atomic mass is 16.5. The number of fused-ring (bicyclic) bond motifs is 1. The van der Waals surface area contributed by atoms with Crippen LogP contribution in [-0.2, 0) is 14.3 Å². The molecule has 45 heavy (non-hydrogen) atoms. The van der Waals surface area contributed by atoms with E-state index in [0.717, 1.165) is 55.7 Å². The van der Waals surface area contributed by atoms with Gasteiger partial charge in [0, 0.05) is 48.7 Å². The normalized spacial score (nSPS) is 15.7. The molecule has 0 atom stereocenters. The van der Waals surface area contributed by atoms with Crippen LogP contribution in [0.2, 0.25) is 0 Å². The minimum absolute atomic E-state index is 0.287. The SMILES string of the molecule is COc1cc2c(Oc3ccc(NC(=O)C4(C(=O)Nc5ccc(C)cc5)CC4)cc3)ccnc2cc1OCCCN1CCOCC1. The molecule has 0 radical (unpaired) electrons. The van der Waals surface area contributed by atoms with E-state index < -0.39 is 5.41 Å². The maximum Gasteiger partial charge on any atom is 0.240 e. The van der Waals surface area contributed by atoms with Crippen molar-refractivity contribution in [1.29, 1.82) is 0 Å². The Bertz CT molecular complexity index is 1650. The molecule has 2 heterocycles. The molecule has 1 saturated heterocycles. The van der Waals surface area contributed by atoms with Gasteiger partial charge in [-0.15, -0.1) is 0 Å². The van der Waals surface area contributed by atoms with Crippen LogP contribution in [0.4, 0.5) is 11.4 Å². The Morgan fingerprint density at radius 1 is 0.889 bits per heavy atom. The average molecular weight is 611 g/mol. The zero-order chi connectivity index (χ0) is 31.2. The van der Waals surface area contributed by atoms with Gasteiger partial charge in [0.05, 0.1) is 32.4 Å². The Hall–Kier alpha value is -4.67. The first-order valence-corrected chi connectivity index (χ1v) is 15.3. The smallest absolute Gasteiger partial charge is 0.240 e. The first kappa shape index (κ1) is 30.4. The Balaban J connectivity index is 1.07. The summed E-state index contributed by atoms with van der Waals surface area (Å²) in [6, 6.07) is 20.1. The van der Waals surface area contributed by atoms with Crippen molar-refractivity contribution in [2.45, 2.75) is 26.2 Å². The zero-order valence-electron chi connectivity index (χ0n) is 25.6. The topological polar surface area (TPSA) is 111 Å². The van der Waals surface area contributed by atoms with E-state index in [2.05, 4.69) is 20.5 Å². The molecule has 6 rings (SSSR count). The number of anilines is 2. The van der Waals surface area contributed by atoms with Gasteiger partial charge >= 0.3 is 0 Å². The number of amides is 2. The lowest BCUT2D eigenvalue weighted by atomic mass is 10.0. The van der Waals surface area contributed by atoms with Gasteiger partial charge in [0.25, 0.3) is 0 Å². The van der Waals surface area contributed by atoms with Gasteiger partial charge in [0.2, 0.25) is 11.8 Å². The number of hydrogen-bond donors (Lipinski definition) is 2. The molecule has 2 fully saturated rings. The van der Waals surface area contributed by atoms with E-state index in [-0.39, 0.29) is 11.8 Å². The molecule has 1 saturated carbocycles. The first-order chi connectivity index (χ1) is 21.9. The number of morpholine rings is 1. The second-order valence-electron chi connectivity index (χ2n) is 11.5. The number of aryl methyl sites for hydroxylation is 1. The molecule has 2 N–H and O–H groups in total. The molecule has 1 aromatic heterocycles. The summed E-state index contributed by atoms with van der Waals surface area (Å²) in [4.78, 5) is 33.0. The first-order valence-electron chi connectivity index (χ1n) is 15.3. The van der Waals surface area contributed by atoms with Crippen molar-refractivity contribution in [2.24, 2.45) is 5.41 Å². The number of rotatable bonds is 12. The zero-order valence-corrected chi connectivity index (χ0v) is 25.6. The van der Waals surface area contributed by atoms with E-state index >= 15 is 0 Å². The van der Waals surface area contributed by atoms with Crippen molar-refractivity contribution in [3.63, 3.8) is 0 Å². The number of ether oxygens (including phenoxy) is 4. The lowest BCUT2D eigenvalue weighted by Crippen LogP contribution is -2.37. The van der Waals surface area contributed by atoms with Crippen molar-refractivity contribution < 1.29 is 28.5 Å². The van der Waals surface area contributed by atoms with Gasteiger partial charge in [-0.2, -0.15) is 0 Å². The van der Waals surface area contributed by atoms with Crippen LogP contribution in [0.15, 0.2) is 72.9 Å². The predicted octanol–water partition coefficient (Wildman–Crippen LogP) is 5.80. The van der Waals surface area contributed by atoms with Gasteiger partial charge in [-0.1, -0.05) is 17.7 Å². The summed E-state index contributed by atoms with van der Waals surface area (Å²) in [6.07, 6.45) is 3.61. The van der Waals surface area contributed by atoms with Crippen LogP contribution < -0.4 is 24.8 Å². The van der Waals surface area contributed by atoms with Crippen LogP contribution in [0.1, 0.15) is 24.8 Å². The molecule has 2 amide bonds. The number of nitrogens with one attached hydrogen (secondary N) is 2. The summed E-state index contributed by atoms with van der Waals surface area (Å²) in [5.74, 6) is 1.83. The van der Waals surface area contributed by atoms with Crippen molar-refractivity contribution in [1.82, 2.24) is 9.88 Å². The molecule has 1 aliphatic heterocycles. The Morgan fingerprint density at radius 3 is 2.20 bits per heavy atom. The third-order valence-corrected chi connectivity index (χ3v) is 8.24. The molecule has 234 valence electrons. The molecular formula is C35H38N4O6. The number of nitrogens with zero attached hydrogens (tertiary/aromatic N) is 2. The van der Waals surface area contributed by atoms with Crippen LogP contribution in [0.3, 0.4) is 0 Å². The highest BCUT2D eigenvalue weighted by Gasteiger charge is 2.56. The highest BCUT2D eigenvalue weighted by molar-refractivity contribution is 6.16. The monoisotopic (exact) mass is 610 g/mol. The van der Waals surface area contributed by atoms with E-state index in [4.69, 9.17) is 18.9 Å². The standard InChI is InChI=1S/C35H38N4O6/c1-24-4-6-25(7-5-24)37-33(40)35(13-14-35)34(41)38-26-8-10-27(11-9-26)45-30-12-15-36-29-23-32(31(42-2)22-28(29)30)44-19-3-16-39-17-20-43-21-18-39/h4-12,15,22-23H,3,13-14,16-21H2,1-2H3,(H,37,40)(H,38,41). The lowest BCUT2D eigenvalue weighted by molar-refractivity contribution is -0.131. The van der Waals surface area contributed by atoms with E-state index in [1.807, 2.05) is 43.3 Å². The molecule has 2 aliphatic rings. The van der Waals surface area contributed by atoms with E-state index in [1.165, 1.54) is 0 Å². The fraction of sp³-hybridized carbons (Fsp3) is 0.343. The third kappa shape index (κ3) is 7.19. The van der Waals surface area contributed by atoms with E-state index in [0.29, 0.717) is 53.8 Å². The summed E-state index contributed by atoms with van der Waals surface area (Å²) in [6.45, 7) is 6.99. The summed E-state index contributed by atoms with van der Waals surface area (Å²) >= 11 is 0. The van der Waals surface area contributed by atoms with E-state index in [9.17, 15) is 9.59 Å². The molecule has 10 heteroatoms. The number of carbonyl (C=O) groups excluding carboxylic acids is 2. The lowest BCUT2D eigenvalue weighted by Gasteiger charge is -2.26. The fourth-order valence-corrected chi connectivity index (χ4v) is 5.34. The van der Waals surface area contributed by atoms with Crippen LogP contribution in [0, 0.1) is 12.3 Å². The molecule has 0 unspecified atom stereocenters. The largest absolute Gasteiger partial charge is 0.493 e. The number of pyridine rings is 1. The van der Waals surface area contributed by atoms with Gasteiger partial charge in [-0.05, 0) is 74.7 Å². The Morgan fingerprint density at radius 2 is 1.56 bits per heavy atom. The molecule has 1 aliphatic carbocycles. The van der Waals surface area contributed by atoms with Gasteiger partial charge in [0.1, 0.15) is 16.9 Å². The van der Waals surface area contributed by atoms with Crippen molar-refractivity contribution in [3.8, 4) is 23.0 Å². The molecule has 0 spiro atoms. The quantitative estimate of drug-likeness (QED) is 0.153. The maximum atomic E-state index is 13.1. The fourth-order valence-electron chi connectivity index (χ4n) is 5.34. The second kappa shape index (κ2) is 13.5. The second-order valence-corrected chi connectivity index (χ2v) is 11.5. The van der Waals surface area contributed by atoms with Crippen molar-refractivity contribution >= 4 is 34.1 Å². The molecule has 4 aromatic rings. The van der Waals surface area contributed by atoms with Gasteiger partial charge in [0.15, 0.2) is 11.5 Å². The molecule has 3 aromatic carbocycles. The predicted molar refractivity (Wildman–Crippen MR) is 172 cm³/mol. The summed E-state index contributed by atoms with van der Waals surface area (Å²) in [7, 11) is 1.61. The summed E-state index contributed by atoms with van der Waals surface area (Å²) < 4.78 is 23.4. The van der Waals surface area contributed by atoms with Gasteiger partial charge in [-0.25, -0.2) is 0 Å². The van der Waals surface area contributed by atoms with Crippen molar-refractivity contribution in [2.75, 3.05) is 57.2 Å². The number of hydrogen-bond acceptors (Lipinski definition) is 8. The summed E-state index contributed by atoms with van der Waals surface area (Å²) in [5.41, 5.74) is 2.02. The number of methoxy groups -OCH3 is 1. The average Bonchev–Trinajstić information content (AvgIpc) is 3.88. The van der Waals surface area contributed by atoms with Crippen LogP contribution >= 0.6 is 0 Å². The molecule has 0 bridgehead atoms. The number of carbonyl (C=O) groups is 2. The minimum Gasteiger partial charge on any atom is -0.493 e. The minimum atomic E-state index is -1.06. The highest BCUT2D eigenvalue weighted by Crippen LogP contribution is 2.47. The van der Waals surface area contributed by atoms with Crippen LogP contribution in [0.25, 0.3) is 10.9 Å².